The van der Waals surface area contributed by atoms with Gasteiger partial charge in [0.15, 0.2) is 0 Å². The highest BCUT2D eigenvalue weighted by Crippen LogP contribution is 2.27. The molecule has 2 heterocycles. The number of nitrogens with one attached hydrogen (secondary N) is 1. The lowest BCUT2D eigenvalue weighted by Gasteiger charge is -2.10. The van der Waals surface area contributed by atoms with Crippen molar-refractivity contribution in [1.82, 2.24) is 5.32 Å². The summed E-state index contributed by atoms with van der Waals surface area (Å²) in [4.78, 5) is 16.6. The van der Waals surface area contributed by atoms with Crippen LogP contribution in [-0.2, 0) is 11.2 Å². The molecular weight excluding hydrogens is 316 g/mol. The number of carbonyl (C=O) groups excluding carboxylic acids is 1. The maximum absolute atomic E-state index is 12.2. The second-order valence-corrected chi connectivity index (χ2v) is 6.28. The van der Waals surface area contributed by atoms with Crippen LogP contribution in [-0.4, -0.2) is 18.9 Å². The van der Waals surface area contributed by atoms with Crippen LogP contribution < -0.4 is 10.1 Å². The Bertz CT molecular complexity index is 817. The fraction of sp³-hybridized carbons (Fsp3) is 0.300. The zero-order chi connectivity index (χ0) is 17.8. The molecule has 1 N–H and O–H groups in total. The van der Waals surface area contributed by atoms with Crippen LogP contribution in [0.4, 0.5) is 0 Å². The van der Waals surface area contributed by atoms with Crippen molar-refractivity contribution in [2.75, 3.05) is 7.11 Å². The van der Waals surface area contributed by atoms with E-state index in [-0.39, 0.29) is 5.91 Å². The summed E-state index contributed by atoms with van der Waals surface area (Å²) in [5, 5.41) is 2.82. The fourth-order valence-electron chi connectivity index (χ4n) is 2.70. The Labute approximate surface area is 147 Å². The first kappa shape index (κ1) is 17.0. The third-order valence-electron chi connectivity index (χ3n) is 4.15. The number of furan rings is 1. The lowest BCUT2D eigenvalue weighted by Crippen LogP contribution is -2.24. The average molecular weight is 338 g/mol. The van der Waals surface area contributed by atoms with Gasteiger partial charge in [0.05, 0.1) is 13.4 Å². The van der Waals surface area contributed by atoms with Gasteiger partial charge in [0.2, 0.25) is 0 Å². The number of methoxy groups -OCH3 is 1. The van der Waals surface area contributed by atoms with Crippen LogP contribution >= 0.6 is 0 Å². The molecule has 2 aromatic rings. The monoisotopic (exact) mass is 338 g/mol. The molecule has 1 amide bonds. The first-order valence-corrected chi connectivity index (χ1v) is 8.37. The van der Waals surface area contributed by atoms with Gasteiger partial charge in [0.25, 0.3) is 5.91 Å². The van der Waals surface area contributed by atoms with Gasteiger partial charge in [-0.25, -0.2) is 4.99 Å². The molecule has 1 aliphatic rings. The van der Waals surface area contributed by atoms with Gasteiger partial charge >= 0.3 is 0 Å². The molecule has 0 saturated heterocycles. The van der Waals surface area contributed by atoms with E-state index in [1.165, 1.54) is 5.56 Å². The standard InChI is InChI=1S/C20H22N2O3/c1-13(2)14-6-8-18(24-3)15(11-14)12-17-20(23)22-19(21-17)9-7-16-5-4-10-25-16/h4-6,8,10-13H,7,9H2,1-3H3,(H,21,22,23)/b17-12-. The van der Waals surface area contributed by atoms with E-state index >= 15 is 0 Å². The van der Waals surface area contributed by atoms with Gasteiger partial charge in [-0.1, -0.05) is 19.9 Å². The van der Waals surface area contributed by atoms with Crippen LogP contribution in [0.15, 0.2) is 51.7 Å². The molecule has 5 nitrogen and oxygen atoms in total. The molecule has 5 heteroatoms. The second-order valence-electron chi connectivity index (χ2n) is 6.28. The lowest BCUT2D eigenvalue weighted by atomic mass is 10.00. The zero-order valence-corrected chi connectivity index (χ0v) is 14.7. The molecule has 0 radical (unpaired) electrons. The highest BCUT2D eigenvalue weighted by molar-refractivity contribution is 6.14. The minimum absolute atomic E-state index is 0.188. The van der Waals surface area contributed by atoms with E-state index < -0.39 is 0 Å². The molecular formula is C20H22N2O3. The SMILES string of the molecule is COc1ccc(C(C)C)cc1/C=C1\N=C(CCc2ccco2)NC1=O. The molecule has 1 aromatic heterocycles. The van der Waals surface area contributed by atoms with Crippen LogP contribution in [0, 0.1) is 0 Å². The highest BCUT2D eigenvalue weighted by atomic mass is 16.5. The number of carbonyl (C=O) groups is 1. The van der Waals surface area contributed by atoms with E-state index in [0.717, 1.165) is 17.1 Å². The molecule has 0 fully saturated rings. The number of hydrogen-bond donors (Lipinski definition) is 1. The van der Waals surface area contributed by atoms with Gasteiger partial charge in [0.1, 0.15) is 23.0 Å². The number of ether oxygens (including phenoxy) is 1. The summed E-state index contributed by atoms with van der Waals surface area (Å²) in [6, 6.07) is 9.77. The van der Waals surface area contributed by atoms with Gasteiger partial charge in [-0.15, -0.1) is 0 Å². The van der Waals surface area contributed by atoms with Crippen molar-refractivity contribution in [2.24, 2.45) is 4.99 Å². The smallest absolute Gasteiger partial charge is 0.275 e. The Hall–Kier alpha value is -2.82. The Morgan fingerprint density at radius 3 is 2.80 bits per heavy atom. The molecule has 0 saturated carbocycles. The van der Waals surface area contributed by atoms with Crippen LogP contribution in [0.25, 0.3) is 6.08 Å². The Kier molecular flexibility index (Phi) is 5.03. The summed E-state index contributed by atoms with van der Waals surface area (Å²) in [5.41, 5.74) is 2.44. The average Bonchev–Trinajstić information content (AvgIpc) is 3.23. The predicted molar refractivity (Wildman–Crippen MR) is 97.7 cm³/mol. The van der Waals surface area contributed by atoms with Crippen LogP contribution in [0.2, 0.25) is 0 Å². The van der Waals surface area contributed by atoms with E-state index in [0.29, 0.717) is 30.3 Å². The molecule has 0 aliphatic carbocycles. The fourth-order valence-corrected chi connectivity index (χ4v) is 2.70. The molecule has 0 atom stereocenters. The Morgan fingerprint density at radius 1 is 1.28 bits per heavy atom. The van der Waals surface area contributed by atoms with Crippen LogP contribution in [0.1, 0.15) is 43.1 Å². The zero-order valence-electron chi connectivity index (χ0n) is 14.7. The lowest BCUT2D eigenvalue weighted by molar-refractivity contribution is -0.115. The van der Waals surface area contributed by atoms with E-state index in [4.69, 9.17) is 9.15 Å². The largest absolute Gasteiger partial charge is 0.496 e. The normalized spacial score (nSPS) is 15.6. The van der Waals surface area contributed by atoms with Gasteiger partial charge in [-0.3, -0.25) is 4.79 Å². The summed E-state index contributed by atoms with van der Waals surface area (Å²) in [5.74, 6) is 2.47. The number of hydrogen-bond acceptors (Lipinski definition) is 4. The van der Waals surface area contributed by atoms with Crippen molar-refractivity contribution >= 4 is 17.8 Å². The van der Waals surface area contributed by atoms with Crippen molar-refractivity contribution in [3.8, 4) is 5.75 Å². The molecule has 1 aliphatic heterocycles. The van der Waals surface area contributed by atoms with E-state index in [1.807, 2.05) is 30.3 Å². The number of rotatable bonds is 6. The number of aryl methyl sites for hydroxylation is 1. The number of benzene rings is 1. The second kappa shape index (κ2) is 7.38. The summed E-state index contributed by atoms with van der Waals surface area (Å²) >= 11 is 0. The minimum Gasteiger partial charge on any atom is -0.496 e. The van der Waals surface area contributed by atoms with E-state index in [9.17, 15) is 4.79 Å². The van der Waals surface area contributed by atoms with Crippen LogP contribution in [0.5, 0.6) is 5.75 Å². The topological polar surface area (TPSA) is 63.8 Å². The van der Waals surface area contributed by atoms with Crippen molar-refractivity contribution in [3.05, 3.63) is 59.2 Å². The summed E-state index contributed by atoms with van der Waals surface area (Å²) in [6.45, 7) is 4.26. The summed E-state index contributed by atoms with van der Waals surface area (Å²) in [6.07, 6.45) is 4.74. The van der Waals surface area contributed by atoms with Crippen molar-refractivity contribution in [3.63, 3.8) is 0 Å². The maximum atomic E-state index is 12.2. The third kappa shape index (κ3) is 3.99. The highest BCUT2D eigenvalue weighted by Gasteiger charge is 2.20. The molecule has 3 rings (SSSR count). The van der Waals surface area contributed by atoms with Gasteiger partial charge < -0.3 is 14.5 Å². The quantitative estimate of drug-likeness (QED) is 0.812. The number of aliphatic imine (C=N–C) groups is 1. The van der Waals surface area contributed by atoms with Gasteiger partial charge in [-0.05, 0) is 41.8 Å². The van der Waals surface area contributed by atoms with Crippen molar-refractivity contribution < 1.29 is 13.9 Å². The first-order valence-electron chi connectivity index (χ1n) is 8.37. The van der Waals surface area contributed by atoms with Gasteiger partial charge in [-0.2, -0.15) is 0 Å². The predicted octanol–water partition coefficient (Wildman–Crippen LogP) is 3.91. The van der Waals surface area contributed by atoms with E-state index in [2.05, 4.69) is 24.2 Å². The number of nitrogens with zero attached hydrogens (tertiary/aromatic N) is 1. The van der Waals surface area contributed by atoms with Gasteiger partial charge in [0, 0.05) is 18.4 Å². The molecule has 0 spiro atoms. The molecule has 130 valence electrons. The summed E-state index contributed by atoms with van der Waals surface area (Å²) < 4.78 is 10.7. The molecule has 0 bridgehead atoms. The maximum Gasteiger partial charge on any atom is 0.275 e. The van der Waals surface area contributed by atoms with Crippen molar-refractivity contribution in [1.29, 1.82) is 0 Å². The first-order chi connectivity index (χ1) is 12.1. The van der Waals surface area contributed by atoms with Crippen LogP contribution in [0.3, 0.4) is 0 Å². The number of amidine groups is 1. The third-order valence-corrected chi connectivity index (χ3v) is 4.15. The van der Waals surface area contributed by atoms with E-state index in [1.54, 1.807) is 19.4 Å². The Balaban J connectivity index is 1.82. The minimum atomic E-state index is -0.188. The van der Waals surface area contributed by atoms with Crippen molar-refractivity contribution in [2.45, 2.75) is 32.6 Å². The number of amides is 1. The molecule has 25 heavy (non-hydrogen) atoms. The molecule has 1 aromatic carbocycles. The molecule has 0 unspecified atom stereocenters. The summed E-state index contributed by atoms with van der Waals surface area (Å²) in [7, 11) is 1.62. The Morgan fingerprint density at radius 2 is 2.12 bits per heavy atom.